The second kappa shape index (κ2) is 4.82. The molecule has 0 bridgehead atoms. The van der Waals surface area contributed by atoms with E-state index in [0.717, 1.165) is 18.2 Å². The summed E-state index contributed by atoms with van der Waals surface area (Å²) in [4.78, 5) is 23.4. The van der Waals surface area contributed by atoms with E-state index in [-0.39, 0.29) is 0 Å². The number of carbonyl (C=O) groups is 2. The average Bonchev–Trinajstić information content (AvgIpc) is 2.70. The van der Waals surface area contributed by atoms with Gasteiger partial charge >= 0.3 is 16.2 Å². The topological polar surface area (TPSA) is 91.8 Å². The van der Waals surface area contributed by atoms with Crippen LogP contribution in [-0.4, -0.2) is 37.2 Å². The zero-order chi connectivity index (χ0) is 15.1. The Hall–Kier alpha value is -2.03. The number of nitrogens with zero attached hydrogens (tertiary/aromatic N) is 1. The summed E-state index contributed by atoms with van der Waals surface area (Å²) in [5, 5.41) is 7.35. The molecule has 108 valence electrons. The van der Waals surface area contributed by atoms with Gasteiger partial charge in [-0.3, -0.25) is 4.79 Å². The zero-order valence-electron chi connectivity index (χ0n) is 9.92. The van der Waals surface area contributed by atoms with Crippen molar-refractivity contribution < 1.29 is 31.4 Å². The van der Waals surface area contributed by atoms with E-state index in [0.29, 0.717) is 4.90 Å². The first-order valence-corrected chi connectivity index (χ1v) is 6.92. The van der Waals surface area contributed by atoms with E-state index in [1.54, 1.807) is 0 Å². The van der Waals surface area contributed by atoms with E-state index in [9.17, 15) is 26.3 Å². The fourth-order valence-corrected chi connectivity index (χ4v) is 2.71. The van der Waals surface area contributed by atoms with Crippen molar-refractivity contribution >= 4 is 27.8 Å². The summed E-state index contributed by atoms with van der Waals surface area (Å²) in [5.74, 6) is -3.31. The van der Waals surface area contributed by atoms with E-state index in [4.69, 9.17) is 5.11 Å². The normalized spacial score (nSPS) is 19.4. The fraction of sp³-hybridized carbons (Fsp3) is 0.273. The molecule has 1 aliphatic heterocycles. The van der Waals surface area contributed by atoms with Crippen LogP contribution in [0.4, 0.5) is 14.0 Å². The van der Waals surface area contributed by atoms with Crippen LogP contribution in [0.1, 0.15) is 16.8 Å². The number of benzene rings is 1. The number of para-hydroxylation sites is 1. The van der Waals surface area contributed by atoms with E-state index in [1.165, 1.54) is 0 Å². The molecule has 1 saturated heterocycles. The molecule has 20 heavy (non-hydrogen) atoms. The predicted octanol–water partition coefficient (Wildman–Crippen LogP) is 0.929. The third-order valence-corrected chi connectivity index (χ3v) is 4.09. The first kappa shape index (κ1) is 14.4. The summed E-state index contributed by atoms with van der Waals surface area (Å²) in [6.45, 7) is -0.612. The zero-order valence-corrected chi connectivity index (χ0v) is 10.7. The Bertz CT molecular complexity index is 688. The number of hydrogen-bond acceptors (Lipinski definition) is 4. The Balaban J connectivity index is 2.48. The molecule has 1 aliphatic rings. The number of anilines is 1. The SMILES string of the molecule is O=C(O)c1cccc(F)c1N1CC(S(=O)(=O)F)CC1=O. The lowest BCUT2D eigenvalue weighted by atomic mass is 10.1. The lowest BCUT2D eigenvalue weighted by Gasteiger charge is -2.19. The molecular formula is C11H9F2NO5S. The highest BCUT2D eigenvalue weighted by Crippen LogP contribution is 2.31. The van der Waals surface area contributed by atoms with Crippen molar-refractivity contribution in [3.8, 4) is 0 Å². The van der Waals surface area contributed by atoms with Crippen molar-refractivity contribution in [2.45, 2.75) is 11.7 Å². The second-order valence-electron chi connectivity index (χ2n) is 4.25. The van der Waals surface area contributed by atoms with Crippen LogP contribution >= 0.6 is 0 Å². The molecular weight excluding hydrogens is 296 g/mol. The molecule has 1 aromatic carbocycles. The minimum absolute atomic E-state index is 0.491. The maximum atomic E-state index is 13.8. The van der Waals surface area contributed by atoms with Gasteiger partial charge in [0.2, 0.25) is 5.91 Å². The number of halogens is 2. The summed E-state index contributed by atoms with van der Waals surface area (Å²) in [6.07, 6.45) is -0.647. The van der Waals surface area contributed by atoms with Crippen LogP contribution in [0.25, 0.3) is 0 Å². The highest BCUT2D eigenvalue weighted by Gasteiger charge is 2.41. The van der Waals surface area contributed by atoms with E-state index in [1.807, 2.05) is 0 Å². The minimum atomic E-state index is -4.95. The summed E-state index contributed by atoms with van der Waals surface area (Å²) in [7, 11) is -4.95. The van der Waals surface area contributed by atoms with Crippen LogP contribution < -0.4 is 4.90 Å². The molecule has 1 fully saturated rings. The van der Waals surface area contributed by atoms with Gasteiger partial charge < -0.3 is 10.0 Å². The van der Waals surface area contributed by atoms with Gasteiger partial charge in [-0.05, 0) is 12.1 Å². The number of amides is 1. The summed E-state index contributed by atoms with van der Waals surface area (Å²) < 4.78 is 48.3. The maximum Gasteiger partial charge on any atom is 0.337 e. The van der Waals surface area contributed by atoms with E-state index in [2.05, 4.69) is 0 Å². The Labute approximate surface area is 112 Å². The molecule has 0 aromatic heterocycles. The van der Waals surface area contributed by atoms with Crippen molar-refractivity contribution in [2.24, 2.45) is 0 Å². The molecule has 1 amide bonds. The standard InChI is InChI=1S/C11H9F2NO5S/c12-8-3-1-2-7(11(16)17)10(8)14-5-6(4-9(14)15)20(13,18)19/h1-3,6H,4-5H2,(H,16,17). The Morgan fingerprint density at radius 2 is 2.05 bits per heavy atom. The predicted molar refractivity (Wildman–Crippen MR) is 64.1 cm³/mol. The number of carbonyl (C=O) groups excluding carboxylic acids is 1. The molecule has 0 saturated carbocycles. The molecule has 1 heterocycles. The van der Waals surface area contributed by atoms with Crippen LogP contribution in [-0.2, 0) is 15.0 Å². The molecule has 0 aliphatic carbocycles. The lowest BCUT2D eigenvalue weighted by Crippen LogP contribution is -2.29. The van der Waals surface area contributed by atoms with Crippen molar-refractivity contribution in [3.63, 3.8) is 0 Å². The third kappa shape index (κ3) is 2.48. The van der Waals surface area contributed by atoms with E-state index >= 15 is 0 Å². The number of rotatable bonds is 3. The van der Waals surface area contributed by atoms with Crippen LogP contribution in [0.2, 0.25) is 0 Å². The molecule has 6 nitrogen and oxygen atoms in total. The van der Waals surface area contributed by atoms with Gasteiger partial charge in [-0.15, -0.1) is 3.89 Å². The second-order valence-corrected chi connectivity index (χ2v) is 5.86. The van der Waals surface area contributed by atoms with Crippen LogP contribution in [0.15, 0.2) is 18.2 Å². The summed E-state index contributed by atoms with van der Waals surface area (Å²) in [5.41, 5.74) is -1.04. The number of hydrogen-bond donors (Lipinski definition) is 1. The highest BCUT2D eigenvalue weighted by atomic mass is 32.3. The molecule has 0 radical (unpaired) electrons. The average molecular weight is 305 g/mol. The number of carboxylic acids is 1. The first-order chi connectivity index (χ1) is 9.21. The van der Waals surface area contributed by atoms with Gasteiger partial charge in [0.05, 0.1) is 11.3 Å². The molecule has 2 rings (SSSR count). The Morgan fingerprint density at radius 1 is 1.40 bits per heavy atom. The minimum Gasteiger partial charge on any atom is -0.478 e. The molecule has 0 spiro atoms. The molecule has 1 aromatic rings. The first-order valence-electron chi connectivity index (χ1n) is 5.47. The largest absolute Gasteiger partial charge is 0.478 e. The van der Waals surface area contributed by atoms with Crippen molar-refractivity contribution in [2.75, 3.05) is 11.4 Å². The van der Waals surface area contributed by atoms with Gasteiger partial charge in [-0.25, -0.2) is 9.18 Å². The summed E-state index contributed by atoms with van der Waals surface area (Å²) in [6, 6.07) is 3.16. The van der Waals surface area contributed by atoms with Gasteiger partial charge in [-0.1, -0.05) is 6.07 Å². The van der Waals surface area contributed by atoms with Gasteiger partial charge in [0, 0.05) is 13.0 Å². The monoisotopic (exact) mass is 305 g/mol. The molecule has 9 heteroatoms. The number of carboxylic acid groups (broad SMARTS) is 1. The van der Waals surface area contributed by atoms with Gasteiger partial charge in [-0.2, -0.15) is 8.42 Å². The molecule has 1 atom stereocenters. The molecule has 1 unspecified atom stereocenters. The molecule has 1 N–H and O–H groups in total. The maximum absolute atomic E-state index is 13.8. The van der Waals surface area contributed by atoms with Crippen molar-refractivity contribution in [1.29, 1.82) is 0 Å². The van der Waals surface area contributed by atoms with Gasteiger partial charge in [0.25, 0.3) is 0 Å². The Kier molecular flexibility index (Phi) is 3.46. The van der Waals surface area contributed by atoms with Crippen molar-refractivity contribution in [3.05, 3.63) is 29.6 Å². The van der Waals surface area contributed by atoms with Gasteiger partial charge in [0.1, 0.15) is 11.1 Å². The van der Waals surface area contributed by atoms with E-state index < -0.39 is 57.4 Å². The third-order valence-electron chi connectivity index (χ3n) is 2.97. The van der Waals surface area contributed by atoms with Crippen LogP contribution in [0.3, 0.4) is 0 Å². The van der Waals surface area contributed by atoms with Crippen LogP contribution in [0, 0.1) is 5.82 Å². The smallest absolute Gasteiger partial charge is 0.337 e. The van der Waals surface area contributed by atoms with Crippen molar-refractivity contribution in [1.82, 2.24) is 0 Å². The van der Waals surface area contributed by atoms with Crippen LogP contribution in [0.5, 0.6) is 0 Å². The lowest BCUT2D eigenvalue weighted by molar-refractivity contribution is -0.117. The highest BCUT2D eigenvalue weighted by molar-refractivity contribution is 7.87. The summed E-state index contributed by atoms with van der Waals surface area (Å²) >= 11 is 0. The quantitative estimate of drug-likeness (QED) is 0.839. The number of aromatic carboxylic acids is 1. The fourth-order valence-electron chi connectivity index (χ4n) is 2.04. The van der Waals surface area contributed by atoms with Gasteiger partial charge in [0.15, 0.2) is 0 Å². The Morgan fingerprint density at radius 3 is 2.55 bits per heavy atom.